The van der Waals surface area contributed by atoms with E-state index in [4.69, 9.17) is 0 Å². The standard InChI is InChI=1S/C12H23N/c1-11(2)9-10(11)12(3)5-7-13(4)8-6-12/h10H,5-9H2,1-4H3. The Kier molecular flexibility index (Phi) is 1.99. The van der Waals surface area contributed by atoms with Gasteiger partial charge in [0.2, 0.25) is 0 Å². The highest BCUT2D eigenvalue weighted by atomic mass is 15.1. The number of rotatable bonds is 1. The molecule has 13 heavy (non-hydrogen) atoms. The summed E-state index contributed by atoms with van der Waals surface area (Å²) < 4.78 is 0. The lowest BCUT2D eigenvalue weighted by Crippen LogP contribution is -2.38. The van der Waals surface area contributed by atoms with Gasteiger partial charge in [0.05, 0.1) is 0 Å². The molecule has 1 unspecified atom stereocenters. The molecule has 0 aromatic heterocycles. The van der Waals surface area contributed by atoms with Crippen LogP contribution in [-0.4, -0.2) is 25.0 Å². The van der Waals surface area contributed by atoms with E-state index in [1.54, 1.807) is 0 Å². The van der Waals surface area contributed by atoms with Gasteiger partial charge < -0.3 is 4.90 Å². The number of hydrogen-bond donors (Lipinski definition) is 0. The molecular formula is C12H23N. The fraction of sp³-hybridized carbons (Fsp3) is 1.00. The zero-order valence-electron chi connectivity index (χ0n) is 9.56. The Hall–Kier alpha value is -0.0400. The predicted molar refractivity (Wildman–Crippen MR) is 56.7 cm³/mol. The van der Waals surface area contributed by atoms with Crippen molar-refractivity contribution in [2.45, 2.75) is 40.0 Å². The second-order valence-electron chi connectivity index (χ2n) is 6.20. The van der Waals surface area contributed by atoms with Crippen molar-refractivity contribution in [2.75, 3.05) is 20.1 Å². The summed E-state index contributed by atoms with van der Waals surface area (Å²) in [6, 6.07) is 0. The quantitative estimate of drug-likeness (QED) is 0.601. The zero-order chi connectivity index (χ0) is 9.69. The molecule has 0 amide bonds. The van der Waals surface area contributed by atoms with Gasteiger partial charge in [-0.15, -0.1) is 0 Å². The maximum Gasteiger partial charge on any atom is -0.00165 e. The van der Waals surface area contributed by atoms with Crippen molar-refractivity contribution in [1.29, 1.82) is 0 Å². The average Bonchev–Trinajstić information content (AvgIpc) is 2.68. The fourth-order valence-corrected chi connectivity index (χ4v) is 3.13. The summed E-state index contributed by atoms with van der Waals surface area (Å²) in [7, 11) is 2.25. The smallest absolute Gasteiger partial charge is 0.00165 e. The number of hydrogen-bond acceptors (Lipinski definition) is 1. The van der Waals surface area contributed by atoms with E-state index in [1.165, 1.54) is 32.4 Å². The summed E-state index contributed by atoms with van der Waals surface area (Å²) in [5, 5.41) is 0. The van der Waals surface area contributed by atoms with Gasteiger partial charge in [0.1, 0.15) is 0 Å². The van der Waals surface area contributed by atoms with Crippen molar-refractivity contribution in [2.24, 2.45) is 16.7 Å². The SMILES string of the molecule is CN1CCC(C)(C2CC2(C)C)CC1. The number of likely N-dealkylation sites (tertiary alicyclic amines) is 1. The minimum absolute atomic E-state index is 0.657. The summed E-state index contributed by atoms with van der Waals surface area (Å²) in [5.74, 6) is 1.01. The minimum Gasteiger partial charge on any atom is -0.306 e. The summed E-state index contributed by atoms with van der Waals surface area (Å²) >= 11 is 0. The molecular weight excluding hydrogens is 158 g/mol. The van der Waals surface area contributed by atoms with Crippen molar-refractivity contribution in [3.05, 3.63) is 0 Å². The molecule has 0 radical (unpaired) electrons. The van der Waals surface area contributed by atoms with E-state index < -0.39 is 0 Å². The normalized spacial score (nSPS) is 37.4. The topological polar surface area (TPSA) is 3.24 Å². The minimum atomic E-state index is 0.657. The molecule has 2 aliphatic rings. The van der Waals surface area contributed by atoms with Crippen LogP contribution in [0.4, 0.5) is 0 Å². The molecule has 0 aromatic carbocycles. The van der Waals surface area contributed by atoms with Gasteiger partial charge in [0.15, 0.2) is 0 Å². The van der Waals surface area contributed by atoms with Gasteiger partial charge in [-0.3, -0.25) is 0 Å². The maximum absolute atomic E-state index is 2.51. The van der Waals surface area contributed by atoms with Crippen molar-refractivity contribution in [3.8, 4) is 0 Å². The Morgan fingerprint density at radius 2 is 1.54 bits per heavy atom. The zero-order valence-corrected chi connectivity index (χ0v) is 9.56. The molecule has 2 rings (SSSR count). The Bertz CT molecular complexity index is 199. The first-order valence-electron chi connectivity index (χ1n) is 5.63. The van der Waals surface area contributed by atoms with Crippen LogP contribution < -0.4 is 0 Å². The molecule has 1 atom stereocenters. The Morgan fingerprint density at radius 3 is 1.92 bits per heavy atom. The lowest BCUT2D eigenvalue weighted by molar-refractivity contribution is 0.104. The summed E-state index contributed by atoms with van der Waals surface area (Å²) in [4.78, 5) is 2.47. The third-order valence-electron chi connectivity index (χ3n) is 4.48. The van der Waals surface area contributed by atoms with Crippen LogP contribution in [0.2, 0.25) is 0 Å². The van der Waals surface area contributed by atoms with Gasteiger partial charge >= 0.3 is 0 Å². The summed E-state index contributed by atoms with van der Waals surface area (Å²) in [6.45, 7) is 9.99. The van der Waals surface area contributed by atoms with Crippen LogP contribution in [0.5, 0.6) is 0 Å². The third-order valence-corrected chi connectivity index (χ3v) is 4.48. The summed E-state index contributed by atoms with van der Waals surface area (Å²) in [5.41, 5.74) is 1.32. The Labute approximate surface area is 82.5 Å². The molecule has 1 nitrogen and oxygen atoms in total. The van der Waals surface area contributed by atoms with Gasteiger partial charge in [-0.2, -0.15) is 0 Å². The fourth-order valence-electron chi connectivity index (χ4n) is 3.13. The van der Waals surface area contributed by atoms with Crippen LogP contribution >= 0.6 is 0 Å². The van der Waals surface area contributed by atoms with Crippen LogP contribution in [0.15, 0.2) is 0 Å². The van der Waals surface area contributed by atoms with E-state index in [1.807, 2.05) is 0 Å². The molecule has 2 fully saturated rings. The van der Waals surface area contributed by atoms with Crippen molar-refractivity contribution in [1.82, 2.24) is 4.90 Å². The van der Waals surface area contributed by atoms with Gasteiger partial charge in [0.25, 0.3) is 0 Å². The van der Waals surface area contributed by atoms with Gasteiger partial charge in [-0.1, -0.05) is 20.8 Å². The molecule has 1 aliphatic heterocycles. The van der Waals surface area contributed by atoms with Crippen LogP contribution in [0.3, 0.4) is 0 Å². The molecule has 1 heterocycles. The second-order valence-corrected chi connectivity index (χ2v) is 6.20. The van der Waals surface area contributed by atoms with Crippen LogP contribution in [0.1, 0.15) is 40.0 Å². The number of nitrogens with zero attached hydrogens (tertiary/aromatic N) is 1. The highest BCUT2D eigenvalue weighted by Gasteiger charge is 2.55. The molecule has 76 valence electrons. The number of piperidine rings is 1. The molecule has 0 aromatic rings. The van der Waals surface area contributed by atoms with E-state index in [0.29, 0.717) is 10.8 Å². The van der Waals surface area contributed by atoms with Gasteiger partial charge in [-0.25, -0.2) is 0 Å². The van der Waals surface area contributed by atoms with Crippen LogP contribution in [0.25, 0.3) is 0 Å². The lowest BCUT2D eigenvalue weighted by Gasteiger charge is -2.39. The lowest BCUT2D eigenvalue weighted by atomic mass is 9.74. The van der Waals surface area contributed by atoms with Crippen molar-refractivity contribution in [3.63, 3.8) is 0 Å². The largest absolute Gasteiger partial charge is 0.306 e. The maximum atomic E-state index is 2.51. The first kappa shape index (κ1) is 9.51. The second kappa shape index (κ2) is 2.73. The molecule has 0 bridgehead atoms. The first-order chi connectivity index (χ1) is 5.94. The highest BCUT2D eigenvalue weighted by molar-refractivity contribution is 5.05. The average molecular weight is 181 g/mol. The van der Waals surface area contributed by atoms with Gasteiger partial charge in [-0.05, 0) is 56.1 Å². The molecule has 1 heteroatoms. The Morgan fingerprint density at radius 1 is 1.08 bits per heavy atom. The van der Waals surface area contributed by atoms with E-state index in [2.05, 4.69) is 32.7 Å². The molecule has 1 saturated heterocycles. The molecule has 0 N–H and O–H groups in total. The van der Waals surface area contributed by atoms with E-state index in [9.17, 15) is 0 Å². The Balaban J connectivity index is 1.98. The van der Waals surface area contributed by atoms with E-state index >= 15 is 0 Å². The van der Waals surface area contributed by atoms with Crippen LogP contribution in [-0.2, 0) is 0 Å². The summed E-state index contributed by atoms with van der Waals surface area (Å²) in [6.07, 6.45) is 4.29. The van der Waals surface area contributed by atoms with E-state index in [0.717, 1.165) is 5.92 Å². The monoisotopic (exact) mass is 181 g/mol. The van der Waals surface area contributed by atoms with Gasteiger partial charge in [0, 0.05) is 0 Å². The van der Waals surface area contributed by atoms with Crippen molar-refractivity contribution >= 4 is 0 Å². The molecule has 1 saturated carbocycles. The predicted octanol–water partition coefficient (Wildman–Crippen LogP) is 2.76. The third kappa shape index (κ3) is 1.63. The first-order valence-corrected chi connectivity index (χ1v) is 5.63. The highest BCUT2D eigenvalue weighted by Crippen LogP contribution is 2.63. The molecule has 1 aliphatic carbocycles. The van der Waals surface area contributed by atoms with Crippen LogP contribution in [0, 0.1) is 16.7 Å². The molecule has 0 spiro atoms. The van der Waals surface area contributed by atoms with E-state index in [-0.39, 0.29) is 0 Å². The van der Waals surface area contributed by atoms with Crippen molar-refractivity contribution < 1.29 is 0 Å².